The minimum atomic E-state index is -0.192. The Morgan fingerprint density at radius 2 is 2.05 bits per heavy atom. The van der Waals surface area contributed by atoms with E-state index in [-0.39, 0.29) is 11.9 Å². The van der Waals surface area contributed by atoms with E-state index in [0.29, 0.717) is 6.61 Å². The molecule has 1 aliphatic heterocycles. The fourth-order valence-electron chi connectivity index (χ4n) is 2.75. The summed E-state index contributed by atoms with van der Waals surface area (Å²) in [7, 11) is 1.67. The van der Waals surface area contributed by atoms with Crippen molar-refractivity contribution in [2.45, 2.75) is 18.9 Å². The molecule has 0 fully saturated rings. The molecule has 116 valence electrons. The minimum absolute atomic E-state index is 0.192. The van der Waals surface area contributed by atoms with Gasteiger partial charge in [0.05, 0.1) is 13.7 Å². The third kappa shape index (κ3) is 3.39. The van der Waals surface area contributed by atoms with Crippen LogP contribution in [0.4, 0.5) is 4.39 Å². The van der Waals surface area contributed by atoms with Crippen molar-refractivity contribution in [1.29, 1.82) is 0 Å². The van der Waals surface area contributed by atoms with Crippen molar-refractivity contribution < 1.29 is 13.9 Å². The second-order valence-electron chi connectivity index (χ2n) is 5.42. The zero-order valence-electron chi connectivity index (χ0n) is 12.6. The van der Waals surface area contributed by atoms with Crippen LogP contribution in [0.15, 0.2) is 42.5 Å². The average molecular weight is 301 g/mol. The molecule has 1 atom stereocenters. The molecule has 22 heavy (non-hydrogen) atoms. The molecule has 3 nitrogen and oxygen atoms in total. The van der Waals surface area contributed by atoms with Crippen molar-refractivity contribution in [3.05, 3.63) is 59.4 Å². The summed E-state index contributed by atoms with van der Waals surface area (Å²) >= 11 is 0. The van der Waals surface area contributed by atoms with E-state index in [9.17, 15) is 4.39 Å². The number of hydrogen-bond donors (Lipinski definition) is 1. The highest BCUT2D eigenvalue weighted by Gasteiger charge is 2.21. The summed E-state index contributed by atoms with van der Waals surface area (Å²) in [6.45, 7) is 1.56. The van der Waals surface area contributed by atoms with E-state index < -0.39 is 0 Å². The van der Waals surface area contributed by atoms with Gasteiger partial charge in [-0.05, 0) is 48.9 Å². The Kier molecular flexibility index (Phi) is 4.59. The highest BCUT2D eigenvalue weighted by molar-refractivity contribution is 5.43. The Balaban J connectivity index is 1.63. The van der Waals surface area contributed by atoms with Crippen molar-refractivity contribution in [3.63, 3.8) is 0 Å². The molecule has 4 heteroatoms. The summed E-state index contributed by atoms with van der Waals surface area (Å²) in [5, 5.41) is 3.56. The minimum Gasteiger partial charge on any atom is -0.497 e. The van der Waals surface area contributed by atoms with E-state index in [1.807, 2.05) is 30.3 Å². The Morgan fingerprint density at radius 3 is 2.82 bits per heavy atom. The summed E-state index contributed by atoms with van der Waals surface area (Å²) in [5.74, 6) is 1.57. The Labute approximate surface area is 130 Å². The van der Waals surface area contributed by atoms with Gasteiger partial charge in [-0.2, -0.15) is 0 Å². The zero-order chi connectivity index (χ0) is 15.4. The van der Waals surface area contributed by atoms with E-state index >= 15 is 0 Å². The van der Waals surface area contributed by atoms with Crippen LogP contribution in [0.3, 0.4) is 0 Å². The monoisotopic (exact) mass is 301 g/mol. The van der Waals surface area contributed by atoms with Gasteiger partial charge in [-0.1, -0.05) is 12.1 Å². The number of fused-ring (bicyclic) bond motifs is 1. The number of ether oxygens (including phenoxy) is 2. The number of halogens is 1. The first-order chi connectivity index (χ1) is 10.8. The fourth-order valence-corrected chi connectivity index (χ4v) is 2.75. The van der Waals surface area contributed by atoms with Gasteiger partial charge in [-0.15, -0.1) is 0 Å². The Morgan fingerprint density at radius 1 is 1.23 bits per heavy atom. The SMILES string of the molecule is COc1ccc2c(c1)C(NCCc1ccc(F)cc1)CCO2. The van der Waals surface area contributed by atoms with Crippen LogP contribution in [0, 0.1) is 5.82 Å². The lowest BCUT2D eigenvalue weighted by Crippen LogP contribution is -2.28. The summed E-state index contributed by atoms with van der Waals surface area (Å²) in [5.41, 5.74) is 2.27. The third-order valence-corrected chi connectivity index (χ3v) is 3.97. The van der Waals surface area contributed by atoms with E-state index in [4.69, 9.17) is 9.47 Å². The van der Waals surface area contributed by atoms with Crippen LogP contribution >= 0.6 is 0 Å². The number of rotatable bonds is 5. The summed E-state index contributed by atoms with van der Waals surface area (Å²) < 4.78 is 23.9. The highest BCUT2D eigenvalue weighted by atomic mass is 19.1. The van der Waals surface area contributed by atoms with Gasteiger partial charge in [0.25, 0.3) is 0 Å². The van der Waals surface area contributed by atoms with Crippen LogP contribution in [0.25, 0.3) is 0 Å². The lowest BCUT2D eigenvalue weighted by Gasteiger charge is -2.27. The molecule has 1 unspecified atom stereocenters. The van der Waals surface area contributed by atoms with Crippen molar-refractivity contribution >= 4 is 0 Å². The average Bonchev–Trinajstić information content (AvgIpc) is 2.56. The van der Waals surface area contributed by atoms with Crippen molar-refractivity contribution in [1.82, 2.24) is 5.32 Å². The summed E-state index contributed by atoms with van der Waals surface area (Å²) in [4.78, 5) is 0. The molecular weight excluding hydrogens is 281 g/mol. The van der Waals surface area contributed by atoms with Crippen molar-refractivity contribution in [3.8, 4) is 11.5 Å². The lowest BCUT2D eigenvalue weighted by atomic mass is 10.00. The molecule has 3 rings (SSSR count). The number of methoxy groups -OCH3 is 1. The third-order valence-electron chi connectivity index (χ3n) is 3.97. The summed E-state index contributed by atoms with van der Waals surface area (Å²) in [6.07, 6.45) is 1.81. The van der Waals surface area contributed by atoms with Gasteiger partial charge in [0, 0.05) is 18.0 Å². The molecule has 0 aliphatic carbocycles. The molecule has 1 aliphatic rings. The maximum absolute atomic E-state index is 12.9. The molecule has 0 radical (unpaired) electrons. The molecule has 0 saturated carbocycles. The van der Waals surface area contributed by atoms with Crippen LogP contribution in [-0.2, 0) is 6.42 Å². The predicted molar refractivity (Wildman–Crippen MR) is 84.0 cm³/mol. The number of nitrogens with one attached hydrogen (secondary N) is 1. The smallest absolute Gasteiger partial charge is 0.124 e. The predicted octanol–water partition coefficient (Wildman–Crippen LogP) is 3.49. The van der Waals surface area contributed by atoms with Crippen LogP contribution < -0.4 is 14.8 Å². The largest absolute Gasteiger partial charge is 0.497 e. The fraction of sp³-hybridized carbons (Fsp3) is 0.333. The van der Waals surface area contributed by atoms with E-state index in [0.717, 1.165) is 42.0 Å². The second kappa shape index (κ2) is 6.79. The zero-order valence-corrected chi connectivity index (χ0v) is 12.6. The van der Waals surface area contributed by atoms with Crippen LogP contribution in [0.2, 0.25) is 0 Å². The summed E-state index contributed by atoms with van der Waals surface area (Å²) in [6, 6.07) is 12.8. The van der Waals surface area contributed by atoms with Gasteiger partial charge in [0.15, 0.2) is 0 Å². The van der Waals surface area contributed by atoms with E-state index in [1.165, 1.54) is 12.1 Å². The van der Waals surface area contributed by atoms with E-state index in [1.54, 1.807) is 7.11 Å². The van der Waals surface area contributed by atoms with Gasteiger partial charge in [0.2, 0.25) is 0 Å². The molecular formula is C18H20FNO2. The quantitative estimate of drug-likeness (QED) is 0.917. The van der Waals surface area contributed by atoms with Crippen molar-refractivity contribution in [2.75, 3.05) is 20.3 Å². The van der Waals surface area contributed by atoms with Gasteiger partial charge in [-0.3, -0.25) is 0 Å². The molecule has 1 N–H and O–H groups in total. The molecule has 0 amide bonds. The Bertz CT molecular complexity index is 627. The first kappa shape index (κ1) is 14.9. The molecule has 1 heterocycles. The first-order valence-electron chi connectivity index (χ1n) is 7.55. The molecule has 0 spiro atoms. The first-order valence-corrected chi connectivity index (χ1v) is 7.55. The Hall–Kier alpha value is -2.07. The molecule has 2 aromatic carbocycles. The van der Waals surface area contributed by atoms with Crippen LogP contribution in [0.5, 0.6) is 11.5 Å². The standard InChI is InChI=1S/C18H20FNO2/c1-21-15-6-7-18-16(12-15)17(9-11-22-18)20-10-8-13-2-4-14(19)5-3-13/h2-7,12,17,20H,8-11H2,1H3. The van der Waals surface area contributed by atoms with Gasteiger partial charge in [-0.25, -0.2) is 4.39 Å². The van der Waals surface area contributed by atoms with Crippen LogP contribution in [-0.4, -0.2) is 20.3 Å². The van der Waals surface area contributed by atoms with Gasteiger partial charge >= 0.3 is 0 Å². The highest BCUT2D eigenvalue weighted by Crippen LogP contribution is 2.34. The van der Waals surface area contributed by atoms with Gasteiger partial charge < -0.3 is 14.8 Å². The van der Waals surface area contributed by atoms with Gasteiger partial charge in [0.1, 0.15) is 17.3 Å². The van der Waals surface area contributed by atoms with Crippen LogP contribution in [0.1, 0.15) is 23.6 Å². The number of benzene rings is 2. The topological polar surface area (TPSA) is 30.5 Å². The van der Waals surface area contributed by atoms with Crippen molar-refractivity contribution in [2.24, 2.45) is 0 Å². The second-order valence-corrected chi connectivity index (χ2v) is 5.42. The molecule has 2 aromatic rings. The van der Waals surface area contributed by atoms with E-state index in [2.05, 4.69) is 5.32 Å². The maximum atomic E-state index is 12.9. The molecule has 0 bridgehead atoms. The molecule has 0 saturated heterocycles. The lowest BCUT2D eigenvalue weighted by molar-refractivity contribution is 0.252. The normalized spacial score (nSPS) is 16.7. The number of hydrogen-bond acceptors (Lipinski definition) is 3. The maximum Gasteiger partial charge on any atom is 0.124 e. The molecule has 0 aromatic heterocycles.